The highest BCUT2D eigenvalue weighted by atomic mass is 16.7. The predicted molar refractivity (Wildman–Crippen MR) is 66.3 cm³/mol. The van der Waals surface area contributed by atoms with E-state index in [1.165, 1.54) is 0 Å². The second kappa shape index (κ2) is 5.56. The molecule has 2 fully saturated rings. The Bertz CT molecular complexity index is 410. The summed E-state index contributed by atoms with van der Waals surface area (Å²) in [5, 5.41) is 19.4. The largest absolute Gasteiger partial charge is 0.387 e. The van der Waals surface area contributed by atoms with E-state index in [9.17, 15) is 10.2 Å². The summed E-state index contributed by atoms with van der Waals surface area (Å²) in [4.78, 5) is 0. The number of hydrogen-bond donors (Lipinski definition) is 2. The van der Waals surface area contributed by atoms with Crippen molar-refractivity contribution < 1.29 is 24.4 Å². The van der Waals surface area contributed by atoms with E-state index in [4.69, 9.17) is 14.2 Å². The Kier molecular flexibility index (Phi) is 3.81. The molecule has 0 aliphatic carbocycles. The van der Waals surface area contributed by atoms with Gasteiger partial charge in [0, 0.05) is 6.42 Å². The minimum absolute atomic E-state index is 0.227. The molecule has 104 valence electrons. The lowest BCUT2D eigenvalue weighted by atomic mass is 10.1. The Balaban J connectivity index is 1.47. The van der Waals surface area contributed by atoms with Crippen molar-refractivity contribution in [3.63, 3.8) is 0 Å². The lowest BCUT2D eigenvalue weighted by Crippen LogP contribution is -2.34. The van der Waals surface area contributed by atoms with E-state index in [0.29, 0.717) is 19.6 Å². The van der Waals surface area contributed by atoms with Gasteiger partial charge in [0.05, 0.1) is 19.3 Å². The Morgan fingerprint density at radius 3 is 2.68 bits per heavy atom. The van der Waals surface area contributed by atoms with Crippen LogP contribution in [-0.2, 0) is 20.8 Å². The summed E-state index contributed by atoms with van der Waals surface area (Å²) in [5.41, 5.74) is 1.09. The quantitative estimate of drug-likeness (QED) is 0.827. The second-order valence-corrected chi connectivity index (χ2v) is 5.00. The van der Waals surface area contributed by atoms with Gasteiger partial charge in [-0.05, 0) is 5.56 Å². The van der Waals surface area contributed by atoms with E-state index in [-0.39, 0.29) is 12.2 Å². The first kappa shape index (κ1) is 13.0. The lowest BCUT2D eigenvalue weighted by molar-refractivity contribution is -0.127. The SMILES string of the molecule is OC1C[C@H]2O[C@H](COCc3ccccc3)[C@@H](O)[C@H]2O1. The highest BCUT2D eigenvalue weighted by Gasteiger charge is 2.50. The lowest BCUT2D eigenvalue weighted by Gasteiger charge is -2.18. The van der Waals surface area contributed by atoms with Gasteiger partial charge in [0.15, 0.2) is 6.29 Å². The van der Waals surface area contributed by atoms with Crippen molar-refractivity contribution in [1.82, 2.24) is 0 Å². The van der Waals surface area contributed by atoms with Crippen LogP contribution in [0.4, 0.5) is 0 Å². The van der Waals surface area contributed by atoms with Crippen LogP contribution in [0, 0.1) is 0 Å². The summed E-state index contributed by atoms with van der Waals surface area (Å²) in [6.45, 7) is 0.814. The van der Waals surface area contributed by atoms with Crippen molar-refractivity contribution in [3.8, 4) is 0 Å². The van der Waals surface area contributed by atoms with Crippen LogP contribution >= 0.6 is 0 Å². The summed E-state index contributed by atoms with van der Waals surface area (Å²) in [7, 11) is 0. The van der Waals surface area contributed by atoms with E-state index in [2.05, 4.69) is 0 Å². The Hall–Kier alpha value is -0.980. The minimum atomic E-state index is -0.823. The highest BCUT2D eigenvalue weighted by molar-refractivity contribution is 5.13. The van der Waals surface area contributed by atoms with Crippen LogP contribution in [-0.4, -0.2) is 47.5 Å². The molecule has 0 aromatic heterocycles. The average molecular weight is 266 g/mol. The summed E-state index contributed by atoms with van der Waals surface area (Å²) in [6, 6.07) is 9.84. The molecule has 0 saturated carbocycles. The second-order valence-electron chi connectivity index (χ2n) is 5.00. The van der Waals surface area contributed by atoms with Gasteiger partial charge in [-0.2, -0.15) is 0 Å². The molecule has 5 nitrogen and oxygen atoms in total. The third-order valence-corrected chi connectivity index (χ3v) is 3.58. The molecule has 19 heavy (non-hydrogen) atoms. The molecule has 0 amide bonds. The van der Waals surface area contributed by atoms with Gasteiger partial charge in [-0.3, -0.25) is 0 Å². The van der Waals surface area contributed by atoms with Crippen molar-refractivity contribution in [2.75, 3.05) is 6.61 Å². The molecule has 2 aliphatic heterocycles. The molecule has 1 aromatic rings. The average Bonchev–Trinajstić information content (AvgIpc) is 2.90. The number of rotatable bonds is 4. The van der Waals surface area contributed by atoms with Crippen LogP contribution in [0.5, 0.6) is 0 Å². The molecule has 5 heteroatoms. The van der Waals surface area contributed by atoms with Gasteiger partial charge in [0.1, 0.15) is 18.3 Å². The predicted octanol–water partition coefficient (Wildman–Crippen LogP) is 0.439. The summed E-state index contributed by atoms with van der Waals surface area (Å²) in [5.74, 6) is 0. The third kappa shape index (κ3) is 2.80. The Morgan fingerprint density at radius 2 is 1.95 bits per heavy atom. The maximum absolute atomic E-state index is 10.0. The first-order valence-corrected chi connectivity index (χ1v) is 6.53. The van der Waals surface area contributed by atoms with Gasteiger partial charge < -0.3 is 24.4 Å². The maximum Gasteiger partial charge on any atom is 0.157 e. The van der Waals surface area contributed by atoms with E-state index in [1.54, 1.807) is 0 Å². The molecule has 1 aromatic carbocycles. The molecule has 5 atom stereocenters. The van der Waals surface area contributed by atoms with Crippen molar-refractivity contribution in [2.45, 2.75) is 43.7 Å². The monoisotopic (exact) mass is 266 g/mol. The number of ether oxygens (including phenoxy) is 3. The molecule has 2 aliphatic rings. The molecule has 0 bridgehead atoms. The van der Waals surface area contributed by atoms with Gasteiger partial charge in [-0.15, -0.1) is 0 Å². The van der Waals surface area contributed by atoms with Crippen molar-refractivity contribution in [1.29, 1.82) is 0 Å². The molecule has 3 rings (SSSR count). The fourth-order valence-corrected chi connectivity index (χ4v) is 2.61. The van der Waals surface area contributed by atoms with Crippen LogP contribution in [0.1, 0.15) is 12.0 Å². The van der Waals surface area contributed by atoms with Gasteiger partial charge in [0.2, 0.25) is 0 Å². The molecule has 1 unspecified atom stereocenters. The zero-order valence-electron chi connectivity index (χ0n) is 10.5. The van der Waals surface area contributed by atoms with E-state index in [1.807, 2.05) is 30.3 Å². The van der Waals surface area contributed by atoms with Crippen LogP contribution in [0.25, 0.3) is 0 Å². The zero-order valence-corrected chi connectivity index (χ0v) is 10.5. The van der Waals surface area contributed by atoms with Gasteiger partial charge in [-0.1, -0.05) is 30.3 Å². The van der Waals surface area contributed by atoms with Gasteiger partial charge in [0.25, 0.3) is 0 Å². The van der Waals surface area contributed by atoms with Crippen molar-refractivity contribution in [2.24, 2.45) is 0 Å². The Morgan fingerprint density at radius 1 is 1.16 bits per heavy atom. The third-order valence-electron chi connectivity index (χ3n) is 3.58. The zero-order chi connectivity index (χ0) is 13.2. The smallest absolute Gasteiger partial charge is 0.157 e. The molecule has 2 heterocycles. The minimum Gasteiger partial charge on any atom is -0.387 e. The molecular weight excluding hydrogens is 248 g/mol. The fraction of sp³-hybridized carbons (Fsp3) is 0.571. The number of aliphatic hydroxyl groups excluding tert-OH is 2. The summed E-state index contributed by atoms with van der Waals surface area (Å²) in [6.07, 6.45) is -2.19. The summed E-state index contributed by atoms with van der Waals surface area (Å²) < 4.78 is 16.4. The Labute approximate surface area is 111 Å². The van der Waals surface area contributed by atoms with Crippen LogP contribution in [0.15, 0.2) is 30.3 Å². The van der Waals surface area contributed by atoms with E-state index >= 15 is 0 Å². The fourth-order valence-electron chi connectivity index (χ4n) is 2.61. The van der Waals surface area contributed by atoms with Crippen LogP contribution in [0.2, 0.25) is 0 Å². The maximum atomic E-state index is 10.0. The summed E-state index contributed by atoms with van der Waals surface area (Å²) >= 11 is 0. The number of hydrogen-bond acceptors (Lipinski definition) is 5. The molecule has 2 saturated heterocycles. The van der Waals surface area contributed by atoms with Crippen molar-refractivity contribution >= 4 is 0 Å². The van der Waals surface area contributed by atoms with Gasteiger partial charge in [-0.25, -0.2) is 0 Å². The molecule has 2 N–H and O–H groups in total. The van der Waals surface area contributed by atoms with Crippen molar-refractivity contribution in [3.05, 3.63) is 35.9 Å². The van der Waals surface area contributed by atoms with Gasteiger partial charge >= 0.3 is 0 Å². The molecule has 0 spiro atoms. The van der Waals surface area contributed by atoms with E-state index < -0.39 is 18.5 Å². The number of fused-ring (bicyclic) bond motifs is 1. The molecule has 0 radical (unpaired) electrons. The first-order chi connectivity index (χ1) is 9.24. The molecular formula is C14H18O5. The van der Waals surface area contributed by atoms with Crippen LogP contribution in [0.3, 0.4) is 0 Å². The van der Waals surface area contributed by atoms with Crippen LogP contribution < -0.4 is 0 Å². The normalized spacial score (nSPS) is 37.5. The van der Waals surface area contributed by atoms with E-state index in [0.717, 1.165) is 5.56 Å². The number of aliphatic hydroxyl groups is 2. The topological polar surface area (TPSA) is 68.2 Å². The first-order valence-electron chi connectivity index (χ1n) is 6.53. The number of benzene rings is 1. The highest BCUT2D eigenvalue weighted by Crippen LogP contribution is 2.33. The standard InChI is InChI=1S/C14H18O5/c15-12-6-10-14(19-12)13(16)11(18-10)8-17-7-9-4-2-1-3-5-9/h1-5,10-16H,6-8H2/t10-,11-,12?,13-,14+/m1/s1.